The summed E-state index contributed by atoms with van der Waals surface area (Å²) in [6.45, 7) is 3.64. The van der Waals surface area contributed by atoms with Gasteiger partial charge >= 0.3 is 0 Å². The molecule has 0 saturated carbocycles. The lowest BCUT2D eigenvalue weighted by Crippen LogP contribution is -2.48. The second-order valence-electron chi connectivity index (χ2n) is 4.43. The summed E-state index contributed by atoms with van der Waals surface area (Å²) in [5.74, 6) is 0. The number of sulfonamides is 1. The summed E-state index contributed by atoms with van der Waals surface area (Å²) in [7, 11) is -3.03. The van der Waals surface area contributed by atoms with E-state index in [-0.39, 0.29) is 0 Å². The molecule has 1 aliphatic heterocycles. The molecule has 2 rings (SSSR count). The van der Waals surface area contributed by atoms with Gasteiger partial charge in [-0.05, 0) is 0 Å². The van der Waals surface area contributed by atoms with E-state index in [2.05, 4.69) is 9.88 Å². The predicted molar refractivity (Wildman–Crippen MR) is 73.1 cm³/mol. The van der Waals surface area contributed by atoms with E-state index in [0.717, 1.165) is 31.7 Å². The summed E-state index contributed by atoms with van der Waals surface area (Å²) in [5.41, 5.74) is 6.59. The van der Waals surface area contributed by atoms with Gasteiger partial charge in [-0.25, -0.2) is 13.4 Å². The number of rotatable bonds is 4. The van der Waals surface area contributed by atoms with Crippen molar-refractivity contribution in [3.8, 4) is 0 Å². The molecular formula is C10H18N4O2S2. The molecule has 0 bridgehead atoms. The number of nitrogens with zero attached hydrogens (tertiary/aromatic N) is 3. The molecular weight excluding hydrogens is 272 g/mol. The van der Waals surface area contributed by atoms with E-state index in [1.807, 2.05) is 5.38 Å². The maximum absolute atomic E-state index is 11.4. The van der Waals surface area contributed by atoms with Crippen LogP contribution < -0.4 is 5.73 Å². The van der Waals surface area contributed by atoms with Gasteiger partial charge in [0, 0.05) is 44.5 Å². The van der Waals surface area contributed by atoms with E-state index < -0.39 is 10.0 Å². The average Bonchev–Trinajstić information content (AvgIpc) is 2.72. The topological polar surface area (TPSA) is 79.5 Å². The van der Waals surface area contributed by atoms with Gasteiger partial charge in [0.2, 0.25) is 10.0 Å². The van der Waals surface area contributed by atoms with Crippen LogP contribution in [-0.2, 0) is 16.4 Å². The van der Waals surface area contributed by atoms with Crippen LogP contribution in [0.5, 0.6) is 0 Å². The van der Waals surface area contributed by atoms with Crippen LogP contribution in [-0.4, -0.2) is 61.6 Å². The molecule has 2 heterocycles. The molecule has 0 atom stereocenters. The monoisotopic (exact) mass is 290 g/mol. The lowest BCUT2D eigenvalue weighted by Gasteiger charge is -2.33. The maximum Gasteiger partial charge on any atom is 0.211 e. The molecule has 0 amide bonds. The van der Waals surface area contributed by atoms with Crippen LogP contribution in [0.1, 0.15) is 5.69 Å². The Labute approximate surface area is 111 Å². The molecule has 1 aromatic heterocycles. The van der Waals surface area contributed by atoms with Gasteiger partial charge in [0.1, 0.15) is 0 Å². The van der Waals surface area contributed by atoms with Crippen molar-refractivity contribution in [1.29, 1.82) is 0 Å². The Morgan fingerprint density at radius 1 is 1.39 bits per heavy atom. The first-order valence-corrected chi connectivity index (χ1v) is 8.55. The largest absolute Gasteiger partial charge is 0.375 e. The van der Waals surface area contributed by atoms with Crippen LogP contribution in [0, 0.1) is 0 Å². The zero-order chi connectivity index (χ0) is 13.2. The number of hydrogen-bond donors (Lipinski definition) is 1. The van der Waals surface area contributed by atoms with Crippen LogP contribution in [0.25, 0.3) is 0 Å². The van der Waals surface area contributed by atoms with E-state index >= 15 is 0 Å². The zero-order valence-electron chi connectivity index (χ0n) is 10.4. The molecule has 1 fully saturated rings. The minimum Gasteiger partial charge on any atom is -0.375 e. The Morgan fingerprint density at radius 2 is 2.06 bits per heavy atom. The van der Waals surface area contributed by atoms with Gasteiger partial charge in [-0.15, -0.1) is 11.3 Å². The third-order valence-corrected chi connectivity index (χ3v) is 5.08. The van der Waals surface area contributed by atoms with Gasteiger partial charge in [0.15, 0.2) is 5.13 Å². The first-order valence-electron chi connectivity index (χ1n) is 5.82. The summed E-state index contributed by atoms with van der Waals surface area (Å²) in [6.07, 6.45) is 2.13. The molecule has 0 spiro atoms. The van der Waals surface area contributed by atoms with Crippen molar-refractivity contribution in [2.75, 3.05) is 44.7 Å². The van der Waals surface area contributed by atoms with E-state index in [9.17, 15) is 8.42 Å². The van der Waals surface area contributed by atoms with Gasteiger partial charge < -0.3 is 10.6 Å². The molecule has 0 aliphatic carbocycles. The number of nitrogens with two attached hydrogens (primary N) is 1. The third kappa shape index (κ3) is 3.64. The highest BCUT2D eigenvalue weighted by atomic mass is 32.2. The van der Waals surface area contributed by atoms with E-state index in [1.54, 1.807) is 0 Å². The molecule has 1 aliphatic rings. The lowest BCUT2D eigenvalue weighted by atomic mass is 10.3. The molecule has 0 aromatic carbocycles. The molecule has 102 valence electrons. The van der Waals surface area contributed by atoms with Gasteiger partial charge in [-0.3, -0.25) is 0 Å². The third-order valence-electron chi connectivity index (χ3n) is 3.05. The molecule has 6 nitrogen and oxygen atoms in total. The SMILES string of the molecule is CS(=O)(=O)N1CCN(CCc2csc(N)n2)CC1. The van der Waals surface area contributed by atoms with Crippen molar-refractivity contribution in [2.24, 2.45) is 0 Å². The Morgan fingerprint density at radius 3 is 2.56 bits per heavy atom. The van der Waals surface area contributed by atoms with Gasteiger partial charge in [0.05, 0.1) is 11.9 Å². The normalized spacial score (nSPS) is 19.2. The minimum absolute atomic E-state index is 0.581. The van der Waals surface area contributed by atoms with Gasteiger partial charge in [-0.1, -0.05) is 0 Å². The first-order chi connectivity index (χ1) is 8.45. The van der Waals surface area contributed by atoms with Crippen molar-refractivity contribution in [3.63, 3.8) is 0 Å². The highest BCUT2D eigenvalue weighted by Crippen LogP contribution is 2.12. The summed E-state index contributed by atoms with van der Waals surface area (Å²) in [4.78, 5) is 6.47. The Hall–Kier alpha value is -0.700. The van der Waals surface area contributed by atoms with Crippen molar-refractivity contribution in [3.05, 3.63) is 11.1 Å². The number of hydrogen-bond acceptors (Lipinski definition) is 6. The van der Waals surface area contributed by atoms with Crippen LogP contribution in [0.4, 0.5) is 5.13 Å². The van der Waals surface area contributed by atoms with Crippen LogP contribution in [0.3, 0.4) is 0 Å². The second-order valence-corrected chi connectivity index (χ2v) is 7.30. The number of piperazine rings is 1. The zero-order valence-corrected chi connectivity index (χ0v) is 12.0. The van der Waals surface area contributed by atoms with Crippen LogP contribution in [0.15, 0.2) is 5.38 Å². The van der Waals surface area contributed by atoms with Crippen molar-refractivity contribution < 1.29 is 8.42 Å². The number of anilines is 1. The Bertz CT molecular complexity index is 492. The van der Waals surface area contributed by atoms with E-state index in [1.165, 1.54) is 21.9 Å². The van der Waals surface area contributed by atoms with Gasteiger partial charge in [0.25, 0.3) is 0 Å². The number of nitrogen functional groups attached to an aromatic ring is 1. The molecule has 2 N–H and O–H groups in total. The maximum atomic E-state index is 11.4. The molecule has 0 radical (unpaired) electrons. The van der Waals surface area contributed by atoms with E-state index in [0.29, 0.717) is 18.2 Å². The fourth-order valence-corrected chi connectivity index (χ4v) is 3.42. The summed E-state index contributed by atoms with van der Waals surface area (Å²) in [6, 6.07) is 0. The van der Waals surface area contributed by atoms with Crippen LogP contribution >= 0.6 is 11.3 Å². The molecule has 0 unspecified atom stereocenters. The fraction of sp³-hybridized carbons (Fsp3) is 0.700. The van der Waals surface area contributed by atoms with Gasteiger partial charge in [-0.2, -0.15) is 4.31 Å². The van der Waals surface area contributed by atoms with E-state index in [4.69, 9.17) is 5.73 Å². The number of aromatic nitrogens is 1. The minimum atomic E-state index is -3.03. The fourth-order valence-electron chi connectivity index (χ4n) is 1.99. The molecule has 1 aromatic rings. The van der Waals surface area contributed by atoms with Crippen molar-refractivity contribution in [2.45, 2.75) is 6.42 Å². The first kappa shape index (κ1) is 13.7. The average molecular weight is 290 g/mol. The summed E-state index contributed by atoms with van der Waals surface area (Å²) in [5, 5.41) is 2.58. The summed E-state index contributed by atoms with van der Waals surface area (Å²) >= 11 is 1.46. The summed E-state index contributed by atoms with van der Waals surface area (Å²) < 4.78 is 24.3. The standard InChI is InChI=1S/C10H18N4O2S2/c1-18(15,16)14-6-4-13(5-7-14)3-2-9-8-17-10(11)12-9/h8H,2-7H2,1H3,(H2,11,12). The smallest absolute Gasteiger partial charge is 0.211 e. The quantitative estimate of drug-likeness (QED) is 0.834. The number of thiazole rings is 1. The second kappa shape index (κ2) is 5.52. The molecule has 1 saturated heterocycles. The lowest BCUT2D eigenvalue weighted by molar-refractivity contribution is 0.190. The van der Waals surface area contributed by atoms with Crippen LogP contribution in [0.2, 0.25) is 0 Å². The van der Waals surface area contributed by atoms with Crippen molar-refractivity contribution in [1.82, 2.24) is 14.2 Å². The molecule has 8 heteroatoms. The Kier molecular flexibility index (Phi) is 4.21. The predicted octanol–water partition coefficient (Wildman–Crippen LogP) is -0.155. The highest BCUT2D eigenvalue weighted by Gasteiger charge is 2.22. The Balaban J connectivity index is 1.77. The highest BCUT2D eigenvalue weighted by molar-refractivity contribution is 7.88. The van der Waals surface area contributed by atoms with Crippen molar-refractivity contribution >= 4 is 26.5 Å². The molecule has 18 heavy (non-hydrogen) atoms.